The van der Waals surface area contributed by atoms with E-state index < -0.39 is 18.1 Å². The Bertz CT molecular complexity index is 633. The van der Waals surface area contributed by atoms with Crippen LogP contribution >= 0.6 is 0 Å². The molecule has 8 nitrogen and oxygen atoms in total. The number of likely N-dealkylation sites (N-methyl/N-ethyl adjacent to an activating group) is 1. The fraction of sp³-hybridized carbons (Fsp3) is 0.903. The van der Waals surface area contributed by atoms with Gasteiger partial charge in [0.15, 0.2) is 6.10 Å². The molecule has 0 rings (SSSR count). The van der Waals surface area contributed by atoms with E-state index in [1.807, 2.05) is 0 Å². The van der Waals surface area contributed by atoms with Crippen LogP contribution in [0, 0.1) is 0 Å². The zero-order valence-corrected chi connectivity index (χ0v) is 25.8. The number of nitrogens with zero attached hydrogens (tertiary/aromatic N) is 1. The quantitative estimate of drug-likeness (QED) is 0.0763. The molecule has 0 aliphatic rings. The van der Waals surface area contributed by atoms with Gasteiger partial charge in [-0.2, -0.15) is 0 Å². The largest absolute Gasteiger partial charge is 0.544 e. The molecule has 0 saturated carbocycles. The van der Waals surface area contributed by atoms with Crippen LogP contribution < -0.4 is 5.11 Å². The van der Waals surface area contributed by atoms with Crippen LogP contribution in [0.15, 0.2) is 0 Å². The van der Waals surface area contributed by atoms with Gasteiger partial charge >= 0.3 is 11.9 Å². The highest BCUT2D eigenvalue weighted by molar-refractivity contribution is 5.70. The average Bonchev–Trinajstić information content (AvgIpc) is 2.87. The van der Waals surface area contributed by atoms with Gasteiger partial charge in [0.25, 0.3) is 0 Å². The monoisotopic (exact) mass is 557 g/mol. The lowest BCUT2D eigenvalue weighted by molar-refractivity contribution is -0.889. The first kappa shape index (κ1) is 37.3. The van der Waals surface area contributed by atoms with E-state index in [0.29, 0.717) is 12.8 Å². The number of ether oxygens (including phenoxy) is 3. The van der Waals surface area contributed by atoms with Gasteiger partial charge in [0.2, 0.25) is 0 Å². The molecule has 0 aromatic heterocycles. The van der Waals surface area contributed by atoms with E-state index in [1.54, 1.807) is 21.1 Å². The minimum Gasteiger partial charge on any atom is -0.544 e. The SMILES string of the molecule is CCCCCCCCCCCC(=O)OC(COCCC(C(=O)[O-])[N+](C)(C)C)COC(=O)CCCCCCCC. The van der Waals surface area contributed by atoms with E-state index in [-0.39, 0.29) is 42.7 Å². The summed E-state index contributed by atoms with van der Waals surface area (Å²) in [7, 11) is 5.38. The van der Waals surface area contributed by atoms with Crippen molar-refractivity contribution in [3.8, 4) is 0 Å². The standard InChI is InChI=1S/C31H59NO7/c1-6-8-10-12-14-15-16-18-20-22-30(34)39-27(25-37-24-23-28(31(35)36)32(3,4)5)26-38-29(33)21-19-17-13-11-9-7-2/h27-28H,6-26H2,1-5H3. The van der Waals surface area contributed by atoms with Gasteiger partial charge in [-0.15, -0.1) is 0 Å². The number of quaternary nitrogens is 1. The van der Waals surface area contributed by atoms with Crippen LogP contribution in [0.3, 0.4) is 0 Å². The molecule has 2 unspecified atom stereocenters. The van der Waals surface area contributed by atoms with Crippen LogP contribution in [-0.4, -0.2) is 75.5 Å². The lowest BCUT2D eigenvalue weighted by Gasteiger charge is -2.34. The second kappa shape index (κ2) is 24.2. The molecule has 0 aromatic rings. The Morgan fingerprint density at radius 3 is 1.59 bits per heavy atom. The van der Waals surface area contributed by atoms with Crippen LogP contribution in [0.4, 0.5) is 0 Å². The van der Waals surface area contributed by atoms with Gasteiger partial charge in [-0.05, 0) is 12.8 Å². The third kappa shape index (κ3) is 22.8. The lowest BCUT2D eigenvalue weighted by Crippen LogP contribution is -2.55. The smallest absolute Gasteiger partial charge is 0.306 e. The molecule has 0 saturated heterocycles. The molecule has 0 N–H and O–H groups in total. The number of carboxylic acids is 1. The molecule has 8 heteroatoms. The summed E-state index contributed by atoms with van der Waals surface area (Å²) < 4.78 is 16.9. The number of unbranched alkanes of at least 4 members (excludes halogenated alkanes) is 13. The Labute approximate surface area is 238 Å². The molecule has 2 atom stereocenters. The molecule has 0 aliphatic heterocycles. The average molecular weight is 558 g/mol. The Morgan fingerprint density at radius 2 is 1.13 bits per heavy atom. The van der Waals surface area contributed by atoms with Crippen LogP contribution in [0.5, 0.6) is 0 Å². The molecule has 0 bridgehead atoms. The Hall–Kier alpha value is -1.67. The van der Waals surface area contributed by atoms with Crippen molar-refractivity contribution in [2.24, 2.45) is 0 Å². The molecule has 0 heterocycles. The Balaban J connectivity index is 4.51. The number of carbonyl (C=O) groups excluding carboxylic acids is 3. The first-order valence-electron chi connectivity index (χ1n) is 15.6. The van der Waals surface area contributed by atoms with Gasteiger partial charge in [-0.3, -0.25) is 9.59 Å². The summed E-state index contributed by atoms with van der Waals surface area (Å²) >= 11 is 0. The molecule has 39 heavy (non-hydrogen) atoms. The van der Waals surface area contributed by atoms with Gasteiger partial charge in [-0.25, -0.2) is 0 Å². The molecule has 0 spiro atoms. The van der Waals surface area contributed by atoms with E-state index >= 15 is 0 Å². The van der Waals surface area contributed by atoms with Crippen LogP contribution in [0.1, 0.15) is 129 Å². The van der Waals surface area contributed by atoms with Crippen molar-refractivity contribution in [1.82, 2.24) is 0 Å². The molecule has 0 fully saturated rings. The van der Waals surface area contributed by atoms with Crippen molar-refractivity contribution < 1.29 is 38.2 Å². The fourth-order valence-electron chi connectivity index (χ4n) is 4.48. The van der Waals surface area contributed by atoms with Crippen molar-refractivity contribution in [1.29, 1.82) is 0 Å². The first-order chi connectivity index (χ1) is 18.6. The summed E-state index contributed by atoms with van der Waals surface area (Å²) in [6.07, 6.45) is 17.2. The van der Waals surface area contributed by atoms with E-state index in [4.69, 9.17) is 14.2 Å². The van der Waals surface area contributed by atoms with E-state index in [1.165, 1.54) is 57.8 Å². The molecule has 230 valence electrons. The number of esters is 2. The number of carboxylic acid groups (broad SMARTS) is 1. The number of aliphatic carboxylic acids is 1. The summed E-state index contributed by atoms with van der Waals surface area (Å²) in [4.78, 5) is 36.1. The topological polar surface area (TPSA) is 102 Å². The molecular weight excluding hydrogens is 498 g/mol. The highest BCUT2D eigenvalue weighted by Crippen LogP contribution is 2.13. The maximum Gasteiger partial charge on any atom is 0.306 e. The highest BCUT2D eigenvalue weighted by Gasteiger charge is 2.25. The molecule has 0 aromatic carbocycles. The zero-order valence-electron chi connectivity index (χ0n) is 25.8. The van der Waals surface area contributed by atoms with Crippen molar-refractivity contribution >= 4 is 17.9 Å². The van der Waals surface area contributed by atoms with Crippen molar-refractivity contribution in [2.45, 2.75) is 142 Å². The number of hydrogen-bond acceptors (Lipinski definition) is 7. The van der Waals surface area contributed by atoms with E-state index in [2.05, 4.69) is 13.8 Å². The fourth-order valence-corrected chi connectivity index (χ4v) is 4.48. The lowest BCUT2D eigenvalue weighted by atomic mass is 10.1. The maximum atomic E-state index is 12.5. The summed E-state index contributed by atoms with van der Waals surface area (Å²) in [6.45, 7) is 4.55. The van der Waals surface area contributed by atoms with Gasteiger partial charge in [0.1, 0.15) is 12.6 Å². The molecule has 0 radical (unpaired) electrons. The van der Waals surface area contributed by atoms with Crippen LogP contribution in [0.25, 0.3) is 0 Å². The van der Waals surface area contributed by atoms with Crippen LogP contribution in [-0.2, 0) is 28.6 Å². The van der Waals surface area contributed by atoms with Crippen molar-refractivity contribution in [3.63, 3.8) is 0 Å². The minimum atomic E-state index is -1.13. The van der Waals surface area contributed by atoms with Gasteiger partial charge in [0, 0.05) is 19.3 Å². The molecule has 0 aliphatic carbocycles. The molecular formula is C31H59NO7. The van der Waals surface area contributed by atoms with Crippen LogP contribution in [0.2, 0.25) is 0 Å². The Kier molecular flexibility index (Phi) is 23.1. The Morgan fingerprint density at radius 1 is 0.667 bits per heavy atom. The third-order valence-electron chi connectivity index (χ3n) is 6.99. The highest BCUT2D eigenvalue weighted by atomic mass is 16.6. The summed E-state index contributed by atoms with van der Waals surface area (Å²) in [5.41, 5.74) is 0. The van der Waals surface area contributed by atoms with Gasteiger partial charge < -0.3 is 28.6 Å². The predicted octanol–water partition coefficient (Wildman–Crippen LogP) is 5.34. The maximum absolute atomic E-state index is 12.5. The molecule has 0 amide bonds. The third-order valence-corrected chi connectivity index (χ3v) is 6.99. The second-order valence-electron chi connectivity index (χ2n) is 11.7. The van der Waals surface area contributed by atoms with Gasteiger partial charge in [-0.1, -0.05) is 97.3 Å². The number of rotatable bonds is 27. The normalized spacial score (nSPS) is 13.2. The second-order valence-corrected chi connectivity index (χ2v) is 11.7. The predicted molar refractivity (Wildman–Crippen MR) is 153 cm³/mol. The summed E-state index contributed by atoms with van der Waals surface area (Å²) in [5, 5.41) is 11.5. The first-order valence-corrected chi connectivity index (χ1v) is 15.6. The summed E-state index contributed by atoms with van der Waals surface area (Å²) in [6, 6.07) is -0.715. The minimum absolute atomic E-state index is 0.0463. The number of carbonyl (C=O) groups is 3. The van der Waals surface area contributed by atoms with Crippen molar-refractivity contribution in [3.05, 3.63) is 0 Å². The van der Waals surface area contributed by atoms with E-state index in [0.717, 1.165) is 38.5 Å². The zero-order chi connectivity index (χ0) is 29.4. The number of hydrogen-bond donors (Lipinski definition) is 0. The summed E-state index contributed by atoms with van der Waals surface area (Å²) in [5.74, 6) is -1.75. The van der Waals surface area contributed by atoms with Crippen molar-refractivity contribution in [2.75, 3.05) is 41.0 Å². The van der Waals surface area contributed by atoms with Gasteiger partial charge in [0.05, 0.1) is 40.3 Å². The van der Waals surface area contributed by atoms with E-state index in [9.17, 15) is 19.5 Å².